The van der Waals surface area contributed by atoms with E-state index in [0.29, 0.717) is 29.8 Å². The van der Waals surface area contributed by atoms with Crippen LogP contribution in [0.5, 0.6) is 0 Å². The van der Waals surface area contributed by atoms with Crippen molar-refractivity contribution in [3.8, 4) is 0 Å². The summed E-state index contributed by atoms with van der Waals surface area (Å²) in [6, 6.07) is 4.99. The highest BCUT2D eigenvalue weighted by Gasteiger charge is 2.13. The third kappa shape index (κ3) is 26.9. The van der Waals surface area contributed by atoms with Crippen LogP contribution in [0.3, 0.4) is 0 Å². The molecule has 0 aliphatic rings. The van der Waals surface area contributed by atoms with Crippen molar-refractivity contribution in [3.63, 3.8) is 0 Å². The molecule has 5 nitrogen and oxygen atoms in total. The lowest BCUT2D eigenvalue weighted by atomic mass is 10.0. The van der Waals surface area contributed by atoms with Gasteiger partial charge in [0.05, 0.1) is 6.61 Å². The average molecular weight is 691 g/mol. The molecular formula is C45H74N2O3. The Morgan fingerprint density at radius 3 is 1.18 bits per heavy atom. The first-order valence-electron chi connectivity index (χ1n) is 20.5. The Balaban J connectivity index is 2.14. The molecule has 0 heterocycles. The molecule has 282 valence electrons. The summed E-state index contributed by atoms with van der Waals surface area (Å²) in [5.41, 5.74) is 1.43. The highest BCUT2D eigenvalue weighted by atomic mass is 16.3. The number of benzene rings is 1. The van der Waals surface area contributed by atoms with Gasteiger partial charge in [-0.3, -0.25) is 9.59 Å². The summed E-state index contributed by atoms with van der Waals surface area (Å²) in [5, 5.41) is 15.7. The lowest BCUT2D eigenvalue weighted by molar-refractivity contribution is 0.0952. The third-order valence-electron chi connectivity index (χ3n) is 9.03. The molecule has 1 aromatic carbocycles. The smallest absolute Gasteiger partial charge is 0.251 e. The highest BCUT2D eigenvalue weighted by Crippen LogP contribution is 2.13. The molecule has 0 bridgehead atoms. The van der Waals surface area contributed by atoms with Crippen LogP contribution < -0.4 is 10.6 Å². The summed E-state index contributed by atoms with van der Waals surface area (Å²) >= 11 is 0. The van der Waals surface area contributed by atoms with E-state index in [9.17, 15) is 14.7 Å². The van der Waals surface area contributed by atoms with Crippen LogP contribution in [0.15, 0.2) is 66.8 Å². The lowest BCUT2D eigenvalue weighted by Crippen LogP contribution is -2.27. The van der Waals surface area contributed by atoms with Gasteiger partial charge < -0.3 is 15.7 Å². The van der Waals surface area contributed by atoms with Crippen LogP contribution in [0.25, 0.3) is 0 Å². The molecule has 0 aliphatic carbocycles. The Kier molecular flexibility index (Phi) is 31.1. The topological polar surface area (TPSA) is 78.4 Å². The molecule has 1 rings (SSSR count). The SMILES string of the molecule is CCCCC/C=C\C/C=C\CCCCCCCCNC(=O)c1cc(CO)cc(C(=O)NCCCCCCCC/C=C\C/C=C\CCCCC)c1. The van der Waals surface area contributed by atoms with Crippen molar-refractivity contribution in [2.75, 3.05) is 13.1 Å². The minimum absolute atomic E-state index is 0.193. The number of hydrogen-bond acceptors (Lipinski definition) is 3. The normalized spacial score (nSPS) is 11.9. The van der Waals surface area contributed by atoms with Crippen LogP contribution in [-0.4, -0.2) is 30.0 Å². The quantitative estimate of drug-likeness (QED) is 0.0507. The van der Waals surface area contributed by atoms with Gasteiger partial charge in [-0.05, 0) is 101 Å². The maximum Gasteiger partial charge on any atom is 0.251 e. The summed E-state index contributed by atoms with van der Waals surface area (Å²) in [4.78, 5) is 25.7. The van der Waals surface area contributed by atoms with Crippen LogP contribution in [0.1, 0.15) is 194 Å². The summed E-state index contributed by atoms with van der Waals surface area (Å²) in [6.45, 7) is 5.51. The van der Waals surface area contributed by atoms with Crippen molar-refractivity contribution in [3.05, 3.63) is 83.5 Å². The van der Waals surface area contributed by atoms with Gasteiger partial charge in [-0.2, -0.15) is 0 Å². The van der Waals surface area contributed by atoms with E-state index in [0.717, 1.165) is 51.4 Å². The molecular weight excluding hydrogens is 617 g/mol. The van der Waals surface area contributed by atoms with Crippen LogP contribution in [0.2, 0.25) is 0 Å². The zero-order chi connectivity index (χ0) is 36.2. The number of unbranched alkanes of at least 4 members (excludes halogenated alkanes) is 18. The molecule has 0 aromatic heterocycles. The van der Waals surface area contributed by atoms with E-state index in [1.807, 2.05) is 0 Å². The first kappa shape index (κ1) is 45.1. The molecule has 1 aromatic rings. The summed E-state index contributed by atoms with van der Waals surface area (Å²) in [5.74, 6) is -0.385. The molecule has 3 N–H and O–H groups in total. The van der Waals surface area contributed by atoms with Gasteiger partial charge in [-0.25, -0.2) is 0 Å². The molecule has 0 aliphatic heterocycles. The zero-order valence-electron chi connectivity index (χ0n) is 32.2. The van der Waals surface area contributed by atoms with Crippen LogP contribution >= 0.6 is 0 Å². The molecule has 2 amide bonds. The molecule has 0 unspecified atom stereocenters. The van der Waals surface area contributed by atoms with E-state index in [2.05, 4.69) is 73.1 Å². The van der Waals surface area contributed by atoms with Crippen molar-refractivity contribution < 1.29 is 14.7 Å². The number of nitrogens with one attached hydrogen (secondary N) is 2. The van der Waals surface area contributed by atoms with Gasteiger partial charge in [0.15, 0.2) is 0 Å². The van der Waals surface area contributed by atoms with E-state index in [1.54, 1.807) is 18.2 Å². The van der Waals surface area contributed by atoms with Gasteiger partial charge >= 0.3 is 0 Å². The minimum Gasteiger partial charge on any atom is -0.392 e. The van der Waals surface area contributed by atoms with E-state index in [4.69, 9.17) is 0 Å². The van der Waals surface area contributed by atoms with Crippen molar-refractivity contribution in [1.29, 1.82) is 0 Å². The highest BCUT2D eigenvalue weighted by molar-refractivity contribution is 6.00. The Hall–Kier alpha value is -2.92. The first-order chi connectivity index (χ1) is 24.6. The van der Waals surface area contributed by atoms with Crippen molar-refractivity contribution in [1.82, 2.24) is 10.6 Å². The van der Waals surface area contributed by atoms with Gasteiger partial charge in [-0.1, -0.05) is 140 Å². The molecule has 0 saturated carbocycles. The van der Waals surface area contributed by atoms with E-state index in [1.165, 1.54) is 103 Å². The molecule has 0 radical (unpaired) electrons. The Bertz CT molecular complexity index is 1010. The summed E-state index contributed by atoms with van der Waals surface area (Å²) < 4.78 is 0. The number of carbonyl (C=O) groups excluding carboxylic acids is 2. The Morgan fingerprint density at radius 1 is 0.480 bits per heavy atom. The predicted molar refractivity (Wildman–Crippen MR) is 216 cm³/mol. The number of aliphatic hydroxyl groups excluding tert-OH is 1. The second-order valence-corrected chi connectivity index (χ2v) is 13.8. The fourth-order valence-electron chi connectivity index (χ4n) is 5.88. The van der Waals surface area contributed by atoms with E-state index >= 15 is 0 Å². The maximum absolute atomic E-state index is 12.8. The van der Waals surface area contributed by atoms with Gasteiger partial charge in [0.2, 0.25) is 0 Å². The molecule has 50 heavy (non-hydrogen) atoms. The fraction of sp³-hybridized carbons (Fsp3) is 0.644. The molecule has 0 fully saturated rings. The Labute approximate surface area is 307 Å². The standard InChI is InChI=1S/C45H74N2O3/c1-3-5-7-9-11-13-15-17-19-21-23-25-27-29-31-33-35-46-44(49)42-37-41(40-48)38-43(39-42)45(50)47-36-34-32-30-28-26-24-22-20-18-16-14-12-10-8-6-4-2/h11-14,17-20,37-39,48H,3-10,15-16,21-36,40H2,1-2H3,(H,46,49)(H,47,50)/b13-11-,14-12-,19-17-,20-18-. The van der Waals surface area contributed by atoms with E-state index in [-0.39, 0.29) is 18.4 Å². The summed E-state index contributed by atoms with van der Waals surface area (Å²) in [6.07, 6.45) is 46.9. The molecule has 0 saturated heterocycles. The zero-order valence-corrected chi connectivity index (χ0v) is 32.2. The second kappa shape index (κ2) is 34.5. The van der Waals surface area contributed by atoms with Crippen molar-refractivity contribution >= 4 is 11.8 Å². The molecule has 5 heteroatoms. The predicted octanol–water partition coefficient (Wildman–Crippen LogP) is 12.3. The maximum atomic E-state index is 12.8. The van der Waals surface area contributed by atoms with Crippen LogP contribution in [0, 0.1) is 0 Å². The van der Waals surface area contributed by atoms with Gasteiger partial charge in [0, 0.05) is 24.2 Å². The first-order valence-corrected chi connectivity index (χ1v) is 20.5. The fourth-order valence-corrected chi connectivity index (χ4v) is 5.88. The number of carbonyl (C=O) groups is 2. The summed E-state index contributed by atoms with van der Waals surface area (Å²) in [7, 11) is 0. The molecule has 0 spiro atoms. The number of amides is 2. The number of aliphatic hydroxyl groups is 1. The van der Waals surface area contributed by atoms with Gasteiger partial charge in [0.25, 0.3) is 11.8 Å². The van der Waals surface area contributed by atoms with Gasteiger partial charge in [-0.15, -0.1) is 0 Å². The van der Waals surface area contributed by atoms with Crippen molar-refractivity contribution in [2.24, 2.45) is 0 Å². The van der Waals surface area contributed by atoms with E-state index < -0.39 is 0 Å². The monoisotopic (exact) mass is 691 g/mol. The van der Waals surface area contributed by atoms with Crippen molar-refractivity contribution in [2.45, 2.75) is 175 Å². The third-order valence-corrected chi connectivity index (χ3v) is 9.03. The number of hydrogen-bond donors (Lipinski definition) is 3. The Morgan fingerprint density at radius 2 is 0.820 bits per heavy atom. The average Bonchev–Trinajstić information content (AvgIpc) is 3.13. The number of rotatable bonds is 33. The van der Waals surface area contributed by atoms with Crippen LogP contribution in [-0.2, 0) is 6.61 Å². The van der Waals surface area contributed by atoms with Crippen LogP contribution in [0.4, 0.5) is 0 Å². The lowest BCUT2D eigenvalue weighted by Gasteiger charge is -2.10. The van der Waals surface area contributed by atoms with Gasteiger partial charge in [0.1, 0.15) is 0 Å². The molecule has 0 atom stereocenters. The minimum atomic E-state index is -0.209. The second-order valence-electron chi connectivity index (χ2n) is 13.8. The largest absolute Gasteiger partial charge is 0.392 e. The number of allylic oxidation sites excluding steroid dienone is 8.